The van der Waals surface area contributed by atoms with Crippen molar-refractivity contribution in [3.05, 3.63) is 38.4 Å². The third-order valence-electron chi connectivity index (χ3n) is 3.96. The molecule has 1 aliphatic carbocycles. The van der Waals surface area contributed by atoms with Crippen LogP contribution in [0.5, 0.6) is 0 Å². The van der Waals surface area contributed by atoms with Gasteiger partial charge in [0.15, 0.2) is 0 Å². The summed E-state index contributed by atoms with van der Waals surface area (Å²) in [5.74, 6) is 0.107. The summed E-state index contributed by atoms with van der Waals surface area (Å²) in [4.78, 5) is 26.6. The zero-order valence-corrected chi connectivity index (χ0v) is 14.8. The molecular formula is C17H19NO3S2. The van der Waals surface area contributed by atoms with Gasteiger partial charge in [0.2, 0.25) is 0 Å². The largest absolute Gasteiger partial charge is 0.462 e. The number of ether oxygens (including phenoxy) is 1. The van der Waals surface area contributed by atoms with E-state index in [9.17, 15) is 9.59 Å². The highest BCUT2D eigenvalue weighted by molar-refractivity contribution is 7.17. The van der Waals surface area contributed by atoms with Gasteiger partial charge in [0, 0.05) is 4.88 Å². The average molecular weight is 349 g/mol. The standard InChI is InChI=1S/C17H19NO3S2/c1-3-21-17(20)14-11-7-6-10(2)9-13(11)23-16(14)18-15(19)12-5-4-8-22-12/h4-5,8,10H,3,6-7,9H2,1-2H3,(H,18,19)/t10-/m1/s1. The molecule has 6 heteroatoms. The van der Waals surface area contributed by atoms with Crippen LogP contribution in [0.1, 0.15) is 50.7 Å². The summed E-state index contributed by atoms with van der Waals surface area (Å²) in [7, 11) is 0. The lowest BCUT2D eigenvalue weighted by Crippen LogP contribution is -2.16. The maximum atomic E-state index is 12.4. The highest BCUT2D eigenvalue weighted by Crippen LogP contribution is 2.40. The minimum Gasteiger partial charge on any atom is -0.462 e. The summed E-state index contributed by atoms with van der Waals surface area (Å²) in [6.45, 7) is 4.34. The first-order chi connectivity index (χ1) is 11.1. The van der Waals surface area contributed by atoms with Gasteiger partial charge in [-0.05, 0) is 49.1 Å². The molecule has 1 aliphatic rings. The second kappa shape index (κ2) is 6.84. The molecule has 0 spiro atoms. The Hall–Kier alpha value is -1.66. The van der Waals surface area contributed by atoms with Gasteiger partial charge >= 0.3 is 5.97 Å². The number of anilines is 1. The molecule has 0 unspecified atom stereocenters. The first kappa shape index (κ1) is 16.2. The molecule has 2 heterocycles. The van der Waals surface area contributed by atoms with Crippen molar-refractivity contribution in [1.29, 1.82) is 0 Å². The summed E-state index contributed by atoms with van der Waals surface area (Å²) in [6, 6.07) is 3.62. The molecule has 0 aliphatic heterocycles. The van der Waals surface area contributed by atoms with Crippen LogP contribution in [0.25, 0.3) is 0 Å². The van der Waals surface area contributed by atoms with E-state index in [2.05, 4.69) is 12.2 Å². The first-order valence-corrected chi connectivity index (χ1v) is 9.46. The van der Waals surface area contributed by atoms with Crippen molar-refractivity contribution < 1.29 is 14.3 Å². The molecule has 3 rings (SSSR count). The molecule has 4 nitrogen and oxygen atoms in total. The number of rotatable bonds is 4. The van der Waals surface area contributed by atoms with Crippen LogP contribution < -0.4 is 5.32 Å². The van der Waals surface area contributed by atoms with Crippen molar-refractivity contribution in [3.63, 3.8) is 0 Å². The van der Waals surface area contributed by atoms with Crippen LogP contribution >= 0.6 is 22.7 Å². The molecule has 1 amide bonds. The van der Waals surface area contributed by atoms with Crippen LogP contribution in [-0.2, 0) is 17.6 Å². The monoisotopic (exact) mass is 349 g/mol. The van der Waals surface area contributed by atoms with E-state index in [1.165, 1.54) is 27.6 Å². The van der Waals surface area contributed by atoms with Crippen molar-refractivity contribution >= 4 is 39.6 Å². The Labute approximate surface area is 143 Å². The van der Waals surface area contributed by atoms with E-state index in [1.807, 2.05) is 11.4 Å². The van der Waals surface area contributed by atoms with Crippen LogP contribution in [0.15, 0.2) is 17.5 Å². The summed E-state index contributed by atoms with van der Waals surface area (Å²) in [6.07, 6.45) is 2.89. The minimum atomic E-state index is -0.332. The number of thiophene rings is 2. The molecule has 0 bridgehead atoms. The van der Waals surface area contributed by atoms with Crippen molar-refractivity contribution in [2.45, 2.75) is 33.1 Å². The van der Waals surface area contributed by atoms with E-state index in [1.54, 1.807) is 13.0 Å². The summed E-state index contributed by atoms with van der Waals surface area (Å²) in [5, 5.41) is 5.40. The van der Waals surface area contributed by atoms with E-state index in [4.69, 9.17) is 4.74 Å². The lowest BCUT2D eigenvalue weighted by molar-refractivity contribution is 0.0526. The van der Waals surface area contributed by atoms with Crippen LogP contribution in [-0.4, -0.2) is 18.5 Å². The number of hydrogen-bond donors (Lipinski definition) is 1. The number of amides is 1. The fraction of sp³-hybridized carbons (Fsp3) is 0.412. The van der Waals surface area contributed by atoms with E-state index < -0.39 is 0 Å². The minimum absolute atomic E-state index is 0.169. The van der Waals surface area contributed by atoms with Gasteiger partial charge in [-0.2, -0.15) is 0 Å². The van der Waals surface area contributed by atoms with Crippen LogP contribution in [0.4, 0.5) is 5.00 Å². The average Bonchev–Trinajstić information content (AvgIpc) is 3.14. The fourth-order valence-electron chi connectivity index (χ4n) is 2.83. The summed E-state index contributed by atoms with van der Waals surface area (Å²) >= 11 is 2.90. The zero-order valence-electron chi connectivity index (χ0n) is 13.2. The van der Waals surface area contributed by atoms with E-state index >= 15 is 0 Å². The SMILES string of the molecule is CCOC(=O)c1c(NC(=O)c2cccs2)sc2c1CC[C@@H](C)C2. The van der Waals surface area contributed by atoms with Crippen LogP contribution in [0, 0.1) is 5.92 Å². The number of fused-ring (bicyclic) bond motifs is 1. The highest BCUT2D eigenvalue weighted by atomic mass is 32.1. The van der Waals surface area contributed by atoms with Crippen molar-refractivity contribution in [3.8, 4) is 0 Å². The molecule has 2 aromatic heterocycles. The Kier molecular flexibility index (Phi) is 4.82. The third-order valence-corrected chi connectivity index (χ3v) is 6.00. The van der Waals surface area contributed by atoms with Crippen molar-refractivity contribution in [2.24, 2.45) is 5.92 Å². The maximum Gasteiger partial charge on any atom is 0.341 e. The second-order valence-corrected chi connectivity index (χ2v) is 7.76. The molecule has 1 N–H and O–H groups in total. The van der Waals surface area contributed by atoms with Gasteiger partial charge in [0.05, 0.1) is 17.0 Å². The number of esters is 1. The predicted octanol–water partition coefficient (Wildman–Crippen LogP) is 4.36. The Morgan fingerprint density at radius 3 is 2.96 bits per heavy atom. The molecule has 0 saturated heterocycles. The van der Waals surface area contributed by atoms with E-state index in [0.717, 1.165) is 24.8 Å². The van der Waals surface area contributed by atoms with Gasteiger partial charge in [-0.15, -0.1) is 22.7 Å². The molecule has 1 atom stereocenters. The van der Waals surface area contributed by atoms with E-state index in [-0.39, 0.29) is 11.9 Å². The number of nitrogens with one attached hydrogen (secondary N) is 1. The van der Waals surface area contributed by atoms with Crippen molar-refractivity contribution in [1.82, 2.24) is 0 Å². The fourth-order valence-corrected chi connectivity index (χ4v) is 4.84. The normalized spacial score (nSPS) is 16.7. The van der Waals surface area contributed by atoms with Gasteiger partial charge in [-0.1, -0.05) is 13.0 Å². The topological polar surface area (TPSA) is 55.4 Å². The molecule has 0 saturated carbocycles. The number of carbonyl (C=O) groups is 2. The van der Waals surface area contributed by atoms with Gasteiger partial charge in [0.1, 0.15) is 5.00 Å². The Morgan fingerprint density at radius 1 is 1.43 bits per heavy atom. The van der Waals surface area contributed by atoms with Crippen LogP contribution in [0.2, 0.25) is 0 Å². The second-order valence-electron chi connectivity index (χ2n) is 5.71. The maximum absolute atomic E-state index is 12.4. The number of hydrogen-bond acceptors (Lipinski definition) is 5. The predicted molar refractivity (Wildman–Crippen MR) is 93.7 cm³/mol. The number of carbonyl (C=O) groups excluding carboxylic acids is 2. The van der Waals surface area contributed by atoms with Crippen LogP contribution in [0.3, 0.4) is 0 Å². The van der Waals surface area contributed by atoms with Gasteiger partial charge < -0.3 is 10.1 Å². The Balaban J connectivity index is 1.95. The first-order valence-electron chi connectivity index (χ1n) is 7.76. The summed E-state index contributed by atoms with van der Waals surface area (Å²) in [5.41, 5.74) is 1.62. The molecule has 0 aromatic carbocycles. The molecule has 0 radical (unpaired) electrons. The quantitative estimate of drug-likeness (QED) is 0.834. The molecule has 122 valence electrons. The van der Waals surface area contributed by atoms with Crippen molar-refractivity contribution in [2.75, 3.05) is 11.9 Å². The van der Waals surface area contributed by atoms with Gasteiger partial charge in [-0.3, -0.25) is 4.79 Å². The summed E-state index contributed by atoms with van der Waals surface area (Å²) < 4.78 is 5.21. The zero-order chi connectivity index (χ0) is 16.4. The molecular weight excluding hydrogens is 330 g/mol. The Morgan fingerprint density at radius 2 is 2.26 bits per heavy atom. The lowest BCUT2D eigenvalue weighted by atomic mass is 9.88. The van der Waals surface area contributed by atoms with Gasteiger partial charge in [0.25, 0.3) is 5.91 Å². The van der Waals surface area contributed by atoms with E-state index in [0.29, 0.717) is 28.0 Å². The highest BCUT2D eigenvalue weighted by Gasteiger charge is 2.29. The molecule has 0 fully saturated rings. The molecule has 2 aromatic rings. The molecule has 23 heavy (non-hydrogen) atoms. The Bertz CT molecular complexity index is 719. The smallest absolute Gasteiger partial charge is 0.341 e. The lowest BCUT2D eigenvalue weighted by Gasteiger charge is -2.18. The third kappa shape index (κ3) is 3.33. The van der Waals surface area contributed by atoms with Gasteiger partial charge in [-0.25, -0.2) is 4.79 Å².